The fraction of sp³-hybridized carbons (Fsp3) is 0.455. The lowest BCUT2D eigenvalue weighted by Gasteiger charge is -2.14. The molecule has 0 spiro atoms. The average molecular weight is 258 g/mol. The van der Waals surface area contributed by atoms with Crippen LogP contribution in [-0.4, -0.2) is 27.8 Å². The Balaban J connectivity index is 2.54. The molecule has 0 saturated heterocycles. The van der Waals surface area contributed by atoms with E-state index in [4.69, 9.17) is 9.88 Å². The predicted molar refractivity (Wildman–Crippen MR) is 67.4 cm³/mol. The molecule has 0 aliphatic rings. The van der Waals surface area contributed by atoms with Gasteiger partial charge in [0, 0.05) is 12.6 Å². The van der Waals surface area contributed by atoms with Crippen molar-refractivity contribution >= 4 is 10.0 Å². The fourth-order valence-electron chi connectivity index (χ4n) is 1.45. The Bertz CT molecular complexity index is 460. The second-order valence-corrected chi connectivity index (χ2v) is 5.55. The maximum Gasteiger partial charge on any atom is 0.210 e. The minimum absolute atomic E-state index is 0.0480. The van der Waals surface area contributed by atoms with E-state index >= 15 is 0 Å². The lowest BCUT2D eigenvalue weighted by molar-refractivity contribution is 0.413. The molecule has 1 atom stereocenters. The maximum atomic E-state index is 10.8. The highest BCUT2D eigenvalue weighted by Crippen LogP contribution is 2.18. The molecule has 1 aromatic rings. The number of ether oxygens (including phenoxy) is 1. The molecule has 0 heterocycles. The van der Waals surface area contributed by atoms with E-state index in [1.165, 1.54) is 0 Å². The van der Waals surface area contributed by atoms with Crippen LogP contribution in [0.3, 0.4) is 0 Å². The van der Waals surface area contributed by atoms with Crippen molar-refractivity contribution in [2.24, 2.45) is 5.14 Å². The van der Waals surface area contributed by atoms with Crippen LogP contribution < -0.4 is 15.2 Å². The minimum Gasteiger partial charge on any atom is -0.497 e. The zero-order chi connectivity index (χ0) is 12.9. The molecule has 5 nitrogen and oxygen atoms in total. The smallest absolute Gasteiger partial charge is 0.210 e. The van der Waals surface area contributed by atoms with Crippen molar-refractivity contribution in [1.29, 1.82) is 0 Å². The van der Waals surface area contributed by atoms with Gasteiger partial charge in [-0.15, -0.1) is 0 Å². The lowest BCUT2D eigenvalue weighted by atomic mass is 10.1. The second-order valence-electron chi connectivity index (χ2n) is 3.82. The average Bonchev–Trinajstić information content (AvgIpc) is 2.27. The van der Waals surface area contributed by atoms with Crippen LogP contribution in [0, 0.1) is 0 Å². The quantitative estimate of drug-likeness (QED) is 0.784. The number of primary sulfonamides is 1. The number of benzene rings is 1. The summed E-state index contributed by atoms with van der Waals surface area (Å²) in [5.74, 6) is 0.712. The van der Waals surface area contributed by atoms with E-state index in [0.29, 0.717) is 6.54 Å². The minimum atomic E-state index is -3.40. The van der Waals surface area contributed by atoms with Crippen molar-refractivity contribution in [1.82, 2.24) is 5.32 Å². The molecule has 0 bridgehead atoms. The Morgan fingerprint density at radius 3 is 2.76 bits per heavy atom. The number of nitrogens with two attached hydrogens (primary N) is 1. The molecule has 17 heavy (non-hydrogen) atoms. The van der Waals surface area contributed by atoms with Crippen molar-refractivity contribution in [2.45, 2.75) is 13.0 Å². The molecule has 6 heteroatoms. The molecule has 1 aromatic carbocycles. The highest BCUT2D eigenvalue weighted by molar-refractivity contribution is 7.89. The molecule has 0 unspecified atom stereocenters. The Morgan fingerprint density at radius 2 is 2.18 bits per heavy atom. The number of methoxy groups -OCH3 is 1. The van der Waals surface area contributed by atoms with Crippen molar-refractivity contribution in [3.63, 3.8) is 0 Å². The van der Waals surface area contributed by atoms with Crippen molar-refractivity contribution in [3.8, 4) is 5.75 Å². The van der Waals surface area contributed by atoms with Crippen LogP contribution in [0.2, 0.25) is 0 Å². The summed E-state index contributed by atoms with van der Waals surface area (Å²) in [4.78, 5) is 0. The molecule has 0 saturated carbocycles. The van der Waals surface area contributed by atoms with Crippen molar-refractivity contribution in [2.75, 3.05) is 19.4 Å². The second kappa shape index (κ2) is 6.00. The molecule has 3 N–H and O–H groups in total. The van der Waals surface area contributed by atoms with Gasteiger partial charge in [-0.1, -0.05) is 12.1 Å². The lowest BCUT2D eigenvalue weighted by Crippen LogP contribution is -2.28. The van der Waals surface area contributed by atoms with E-state index < -0.39 is 10.0 Å². The van der Waals surface area contributed by atoms with E-state index in [2.05, 4.69) is 5.32 Å². The van der Waals surface area contributed by atoms with Crippen LogP contribution in [0.5, 0.6) is 5.75 Å². The highest BCUT2D eigenvalue weighted by Gasteiger charge is 2.07. The molecular weight excluding hydrogens is 240 g/mol. The van der Waals surface area contributed by atoms with Gasteiger partial charge in [0.05, 0.1) is 12.9 Å². The third kappa shape index (κ3) is 5.16. The van der Waals surface area contributed by atoms with Gasteiger partial charge in [-0.05, 0) is 24.6 Å². The number of hydrogen-bond acceptors (Lipinski definition) is 4. The standard InChI is InChI=1S/C11H18N2O3S/c1-9(13-6-7-17(12,14)15)10-4-3-5-11(8-10)16-2/h3-5,8-9,13H,6-7H2,1-2H3,(H2,12,14,15)/t9-/m0/s1. The Hall–Kier alpha value is -1.11. The van der Waals surface area contributed by atoms with Crippen LogP contribution in [0.1, 0.15) is 18.5 Å². The molecule has 0 fully saturated rings. The van der Waals surface area contributed by atoms with Crippen LogP contribution in [0.4, 0.5) is 0 Å². The number of sulfonamides is 1. The Kier molecular flexibility index (Phi) is 4.92. The Labute approximate surface area is 102 Å². The van der Waals surface area contributed by atoms with Crippen LogP contribution in [0.15, 0.2) is 24.3 Å². The first-order valence-electron chi connectivity index (χ1n) is 5.30. The number of rotatable bonds is 6. The summed E-state index contributed by atoms with van der Waals surface area (Å²) in [5.41, 5.74) is 1.04. The van der Waals surface area contributed by atoms with E-state index in [1.54, 1.807) is 7.11 Å². The predicted octanol–water partition coefficient (Wildman–Crippen LogP) is 0.634. The molecular formula is C11H18N2O3S. The fourth-order valence-corrected chi connectivity index (χ4v) is 1.85. The van der Waals surface area contributed by atoms with Gasteiger partial charge in [-0.2, -0.15) is 0 Å². The molecule has 0 radical (unpaired) electrons. The summed E-state index contributed by atoms with van der Waals surface area (Å²) in [6.45, 7) is 2.29. The molecule has 0 aliphatic carbocycles. The topological polar surface area (TPSA) is 81.4 Å². The first-order valence-corrected chi connectivity index (χ1v) is 7.02. The summed E-state index contributed by atoms with van der Waals surface area (Å²) in [6, 6.07) is 7.67. The van der Waals surface area contributed by atoms with Gasteiger partial charge in [0.25, 0.3) is 0 Å². The molecule has 0 aromatic heterocycles. The molecule has 96 valence electrons. The molecule has 0 aliphatic heterocycles. The van der Waals surface area contributed by atoms with Gasteiger partial charge < -0.3 is 10.1 Å². The van der Waals surface area contributed by atoms with Crippen molar-refractivity contribution in [3.05, 3.63) is 29.8 Å². The van der Waals surface area contributed by atoms with E-state index in [-0.39, 0.29) is 11.8 Å². The zero-order valence-electron chi connectivity index (χ0n) is 10.0. The summed E-state index contributed by atoms with van der Waals surface area (Å²) in [5, 5.41) is 8.01. The van der Waals surface area contributed by atoms with Crippen LogP contribution >= 0.6 is 0 Å². The summed E-state index contributed by atoms with van der Waals surface area (Å²) < 4.78 is 26.7. The maximum absolute atomic E-state index is 10.8. The molecule has 1 rings (SSSR count). The van der Waals surface area contributed by atoms with Gasteiger partial charge >= 0.3 is 0 Å². The van der Waals surface area contributed by atoms with Gasteiger partial charge in [0.15, 0.2) is 0 Å². The van der Waals surface area contributed by atoms with Gasteiger partial charge in [-0.3, -0.25) is 0 Å². The van der Waals surface area contributed by atoms with Crippen LogP contribution in [0.25, 0.3) is 0 Å². The Morgan fingerprint density at radius 1 is 1.47 bits per heavy atom. The summed E-state index contributed by atoms with van der Waals surface area (Å²) in [6.07, 6.45) is 0. The normalized spacial score (nSPS) is 13.4. The van der Waals surface area contributed by atoms with Gasteiger partial charge in [0.1, 0.15) is 5.75 Å². The summed E-state index contributed by atoms with van der Waals surface area (Å²) in [7, 11) is -1.79. The highest BCUT2D eigenvalue weighted by atomic mass is 32.2. The summed E-state index contributed by atoms with van der Waals surface area (Å²) >= 11 is 0. The van der Waals surface area contributed by atoms with Gasteiger partial charge in [0.2, 0.25) is 10.0 Å². The number of hydrogen-bond donors (Lipinski definition) is 2. The van der Waals surface area contributed by atoms with E-state index in [9.17, 15) is 8.42 Å². The van der Waals surface area contributed by atoms with Gasteiger partial charge in [-0.25, -0.2) is 13.6 Å². The number of nitrogens with one attached hydrogen (secondary N) is 1. The molecule has 0 amide bonds. The third-order valence-electron chi connectivity index (χ3n) is 2.43. The van der Waals surface area contributed by atoms with E-state index in [1.807, 2.05) is 31.2 Å². The zero-order valence-corrected chi connectivity index (χ0v) is 10.8. The van der Waals surface area contributed by atoms with Crippen LogP contribution in [-0.2, 0) is 10.0 Å². The van der Waals surface area contributed by atoms with Crippen molar-refractivity contribution < 1.29 is 13.2 Å². The first-order chi connectivity index (χ1) is 7.92. The third-order valence-corrected chi connectivity index (χ3v) is 3.20. The monoisotopic (exact) mass is 258 g/mol. The largest absolute Gasteiger partial charge is 0.497 e. The van der Waals surface area contributed by atoms with E-state index in [0.717, 1.165) is 11.3 Å². The first kappa shape index (κ1) is 14.0. The SMILES string of the molecule is COc1cccc([C@H](C)NCCS(N)(=O)=O)c1.